The molecule has 0 spiro atoms. The van der Waals surface area contributed by atoms with Crippen LogP contribution in [0.2, 0.25) is 5.02 Å². The van der Waals surface area contributed by atoms with Gasteiger partial charge in [-0.05, 0) is 42.5 Å². The lowest BCUT2D eigenvalue weighted by molar-refractivity contribution is -0.385. The fraction of sp³-hybridized carbons (Fsp3) is 0. The molecule has 0 amide bonds. The van der Waals surface area contributed by atoms with Crippen LogP contribution in [0.15, 0.2) is 46.9 Å². The molecule has 5 nitrogen and oxygen atoms in total. The van der Waals surface area contributed by atoms with Gasteiger partial charge in [0, 0.05) is 26.7 Å². The van der Waals surface area contributed by atoms with Crippen molar-refractivity contribution >= 4 is 45.1 Å². The van der Waals surface area contributed by atoms with Crippen LogP contribution < -0.4 is 0 Å². The van der Waals surface area contributed by atoms with Crippen molar-refractivity contribution in [2.45, 2.75) is 0 Å². The highest BCUT2D eigenvalue weighted by Gasteiger charge is 2.17. The van der Waals surface area contributed by atoms with E-state index in [9.17, 15) is 20.0 Å². The van der Waals surface area contributed by atoms with E-state index >= 15 is 0 Å². The van der Waals surface area contributed by atoms with Crippen molar-refractivity contribution in [3.63, 3.8) is 0 Å². The Hall–Kier alpha value is -2.18. The molecule has 2 rings (SSSR count). The van der Waals surface area contributed by atoms with Gasteiger partial charge in [0.05, 0.1) is 4.92 Å². The first-order chi connectivity index (χ1) is 10.4. The van der Waals surface area contributed by atoms with Gasteiger partial charge in [0.25, 0.3) is 0 Å². The Morgan fingerprint density at radius 1 is 1.27 bits per heavy atom. The average molecular weight is 383 g/mol. The first-order valence-corrected chi connectivity index (χ1v) is 7.20. The number of phenols is 1. The molecule has 0 atom stereocenters. The van der Waals surface area contributed by atoms with E-state index in [0.29, 0.717) is 5.56 Å². The van der Waals surface area contributed by atoms with Crippen molar-refractivity contribution in [1.29, 1.82) is 0 Å². The summed E-state index contributed by atoms with van der Waals surface area (Å²) in [6, 6.07) is 9.11. The van der Waals surface area contributed by atoms with E-state index in [1.807, 2.05) is 0 Å². The molecule has 0 aliphatic rings. The topological polar surface area (TPSA) is 80.4 Å². The number of aromatic hydroxyl groups is 1. The number of hydrogen-bond acceptors (Lipinski definition) is 4. The Labute approximate surface area is 139 Å². The van der Waals surface area contributed by atoms with Gasteiger partial charge in [-0.25, -0.2) is 0 Å². The third-order valence-electron chi connectivity index (χ3n) is 2.82. The maximum absolute atomic E-state index is 12.0. The van der Waals surface area contributed by atoms with Crippen molar-refractivity contribution in [1.82, 2.24) is 0 Å². The van der Waals surface area contributed by atoms with Crippen LogP contribution in [0.4, 0.5) is 5.69 Å². The lowest BCUT2D eigenvalue weighted by atomic mass is 10.1. The normalized spacial score (nSPS) is 10.8. The minimum Gasteiger partial charge on any atom is -0.502 e. The van der Waals surface area contributed by atoms with E-state index in [4.69, 9.17) is 11.6 Å². The predicted octanol–water partition coefficient (Wildman–Crippen LogP) is 4.61. The predicted molar refractivity (Wildman–Crippen MR) is 87.3 cm³/mol. The molecular weight excluding hydrogens is 374 g/mol. The van der Waals surface area contributed by atoms with Gasteiger partial charge in [0.2, 0.25) is 5.75 Å². The summed E-state index contributed by atoms with van der Waals surface area (Å²) in [7, 11) is 0. The maximum atomic E-state index is 12.0. The van der Waals surface area contributed by atoms with Crippen molar-refractivity contribution in [3.05, 3.63) is 73.2 Å². The van der Waals surface area contributed by atoms with Crippen LogP contribution in [0.5, 0.6) is 5.75 Å². The standard InChI is InChI=1S/C15H9BrClNO4/c16-11-4-1-9(2-5-11)14(19)6-3-10-7-12(17)8-13(15(10)20)18(21)22/h1-8,20H. The van der Waals surface area contributed by atoms with Gasteiger partial charge in [0.15, 0.2) is 5.78 Å². The van der Waals surface area contributed by atoms with Gasteiger partial charge in [-0.1, -0.05) is 27.5 Å². The maximum Gasteiger partial charge on any atom is 0.312 e. The summed E-state index contributed by atoms with van der Waals surface area (Å²) in [6.45, 7) is 0. The summed E-state index contributed by atoms with van der Waals surface area (Å²) in [6.07, 6.45) is 2.51. The van der Waals surface area contributed by atoms with Gasteiger partial charge < -0.3 is 5.11 Å². The molecule has 0 bridgehead atoms. The number of phenolic OH excluding ortho intramolecular Hbond substituents is 1. The number of nitro benzene ring substituents is 1. The molecule has 0 unspecified atom stereocenters. The second kappa shape index (κ2) is 6.72. The Balaban J connectivity index is 2.32. The summed E-state index contributed by atoms with van der Waals surface area (Å²) >= 11 is 9.04. The molecule has 0 saturated heterocycles. The van der Waals surface area contributed by atoms with Gasteiger partial charge >= 0.3 is 5.69 Å². The molecule has 0 aliphatic carbocycles. The zero-order chi connectivity index (χ0) is 16.3. The summed E-state index contributed by atoms with van der Waals surface area (Å²) in [5.74, 6) is -0.830. The number of carbonyl (C=O) groups excluding carboxylic acids is 1. The third-order valence-corrected chi connectivity index (χ3v) is 3.57. The molecule has 7 heteroatoms. The molecule has 0 heterocycles. The van der Waals surface area contributed by atoms with Crippen LogP contribution in [0.25, 0.3) is 6.08 Å². The number of carbonyl (C=O) groups is 1. The summed E-state index contributed by atoms with van der Waals surface area (Å²) in [5, 5.41) is 20.7. The zero-order valence-corrected chi connectivity index (χ0v) is 13.3. The van der Waals surface area contributed by atoms with E-state index in [2.05, 4.69) is 15.9 Å². The second-order valence-electron chi connectivity index (χ2n) is 4.32. The van der Waals surface area contributed by atoms with E-state index in [-0.39, 0.29) is 16.4 Å². The van der Waals surface area contributed by atoms with Crippen LogP contribution in [0.3, 0.4) is 0 Å². The SMILES string of the molecule is O=C(C=Cc1cc(Cl)cc([N+](=O)[O-])c1O)c1ccc(Br)cc1. The smallest absolute Gasteiger partial charge is 0.312 e. The van der Waals surface area contributed by atoms with E-state index in [1.165, 1.54) is 18.2 Å². The zero-order valence-electron chi connectivity index (χ0n) is 11.0. The molecule has 0 aliphatic heterocycles. The van der Waals surface area contributed by atoms with Crippen LogP contribution in [0, 0.1) is 10.1 Å². The molecule has 112 valence electrons. The quantitative estimate of drug-likeness (QED) is 0.362. The second-order valence-corrected chi connectivity index (χ2v) is 5.68. The minimum absolute atomic E-state index is 0.0974. The Morgan fingerprint density at radius 2 is 1.91 bits per heavy atom. The lowest BCUT2D eigenvalue weighted by Crippen LogP contribution is -1.94. The van der Waals surface area contributed by atoms with Gasteiger partial charge in [-0.2, -0.15) is 0 Å². The van der Waals surface area contributed by atoms with Crippen molar-refractivity contribution in [3.8, 4) is 5.75 Å². The molecule has 2 aromatic rings. The van der Waals surface area contributed by atoms with E-state index in [0.717, 1.165) is 10.5 Å². The van der Waals surface area contributed by atoms with Crippen molar-refractivity contribution in [2.24, 2.45) is 0 Å². The summed E-state index contributed by atoms with van der Waals surface area (Å²) < 4.78 is 0.844. The Bertz CT molecular complexity index is 772. The minimum atomic E-state index is -0.741. The monoisotopic (exact) mass is 381 g/mol. The highest BCUT2D eigenvalue weighted by molar-refractivity contribution is 9.10. The number of benzene rings is 2. The molecule has 1 N–H and O–H groups in total. The number of nitrogens with zero attached hydrogens (tertiary/aromatic N) is 1. The van der Waals surface area contributed by atoms with Crippen LogP contribution in [-0.4, -0.2) is 15.8 Å². The number of rotatable bonds is 4. The van der Waals surface area contributed by atoms with E-state index in [1.54, 1.807) is 24.3 Å². The highest BCUT2D eigenvalue weighted by Crippen LogP contribution is 2.34. The third kappa shape index (κ3) is 3.72. The first-order valence-electron chi connectivity index (χ1n) is 6.03. The largest absolute Gasteiger partial charge is 0.502 e. The molecule has 22 heavy (non-hydrogen) atoms. The summed E-state index contributed by atoms with van der Waals surface area (Å²) in [4.78, 5) is 22.1. The van der Waals surface area contributed by atoms with Gasteiger partial charge in [0.1, 0.15) is 0 Å². The van der Waals surface area contributed by atoms with Gasteiger partial charge in [-0.3, -0.25) is 14.9 Å². The highest BCUT2D eigenvalue weighted by atomic mass is 79.9. The lowest BCUT2D eigenvalue weighted by Gasteiger charge is -2.02. The molecule has 0 aromatic heterocycles. The molecular formula is C15H9BrClNO4. The number of nitro groups is 1. The number of ketones is 1. The molecule has 0 radical (unpaired) electrons. The van der Waals surface area contributed by atoms with Gasteiger partial charge in [-0.15, -0.1) is 0 Å². The Kier molecular flexibility index (Phi) is 4.95. The summed E-state index contributed by atoms with van der Waals surface area (Å²) in [5.41, 5.74) is 0.0448. The van der Waals surface area contributed by atoms with Crippen molar-refractivity contribution in [2.75, 3.05) is 0 Å². The molecule has 2 aromatic carbocycles. The number of hydrogen-bond donors (Lipinski definition) is 1. The first kappa shape index (κ1) is 16.2. The van der Waals surface area contributed by atoms with Crippen LogP contribution in [0.1, 0.15) is 15.9 Å². The van der Waals surface area contributed by atoms with Crippen LogP contribution in [-0.2, 0) is 0 Å². The fourth-order valence-electron chi connectivity index (χ4n) is 1.75. The number of halogens is 2. The van der Waals surface area contributed by atoms with E-state index < -0.39 is 16.4 Å². The average Bonchev–Trinajstić information content (AvgIpc) is 2.47. The number of allylic oxidation sites excluding steroid dienone is 1. The molecule has 0 saturated carbocycles. The Morgan fingerprint density at radius 3 is 2.50 bits per heavy atom. The molecule has 0 fully saturated rings. The van der Waals surface area contributed by atoms with Crippen molar-refractivity contribution < 1.29 is 14.8 Å². The van der Waals surface area contributed by atoms with Crippen LogP contribution >= 0.6 is 27.5 Å². The fourth-order valence-corrected chi connectivity index (χ4v) is 2.23.